The first-order valence-corrected chi connectivity index (χ1v) is 10.1. The van der Waals surface area contributed by atoms with Crippen molar-refractivity contribution in [2.24, 2.45) is 5.92 Å². The highest BCUT2D eigenvalue weighted by Crippen LogP contribution is 2.50. The van der Waals surface area contributed by atoms with Gasteiger partial charge in [0.1, 0.15) is 5.75 Å². The summed E-state index contributed by atoms with van der Waals surface area (Å²) >= 11 is 0. The van der Waals surface area contributed by atoms with Crippen molar-refractivity contribution in [3.05, 3.63) is 71.3 Å². The molecule has 0 unspecified atom stereocenters. The molecule has 2 aromatic carbocycles. The monoisotopic (exact) mass is 407 g/mol. The molecule has 1 N–H and O–H groups in total. The maximum absolute atomic E-state index is 12.2. The minimum atomic E-state index is -0.410. The van der Waals surface area contributed by atoms with Gasteiger partial charge in [0, 0.05) is 11.6 Å². The first-order chi connectivity index (χ1) is 14.6. The summed E-state index contributed by atoms with van der Waals surface area (Å²) in [4.78, 5) is 23.4. The summed E-state index contributed by atoms with van der Waals surface area (Å²) in [5, 5.41) is 3.65. The van der Waals surface area contributed by atoms with Crippen LogP contribution in [0.4, 0.5) is 5.69 Å². The van der Waals surface area contributed by atoms with Crippen LogP contribution in [-0.2, 0) is 14.3 Å². The molecule has 6 nitrogen and oxygen atoms in total. The average molecular weight is 407 g/mol. The van der Waals surface area contributed by atoms with Crippen molar-refractivity contribution >= 4 is 17.6 Å². The van der Waals surface area contributed by atoms with Gasteiger partial charge in [0.25, 0.3) is 0 Å². The molecule has 2 aliphatic rings. The summed E-state index contributed by atoms with van der Waals surface area (Å²) in [6, 6.07) is 13.7. The van der Waals surface area contributed by atoms with Gasteiger partial charge in [-0.05, 0) is 60.7 Å². The van der Waals surface area contributed by atoms with E-state index in [0.29, 0.717) is 23.8 Å². The Balaban J connectivity index is 1.56. The zero-order valence-corrected chi connectivity index (χ0v) is 17.1. The zero-order chi connectivity index (χ0) is 21.1. The fourth-order valence-electron chi connectivity index (χ4n) is 4.24. The van der Waals surface area contributed by atoms with Crippen LogP contribution in [0.2, 0.25) is 0 Å². The van der Waals surface area contributed by atoms with E-state index >= 15 is 0 Å². The number of hydrogen-bond donors (Lipinski definition) is 1. The molecule has 0 amide bonds. The fourth-order valence-corrected chi connectivity index (χ4v) is 4.24. The van der Waals surface area contributed by atoms with Crippen LogP contribution >= 0.6 is 0 Å². The standard InChI is InChI=1S/C24H25NO5/c1-3-29-24(27)16-9-12-21-20(13-16)18-5-4-6-19(18)23(25-21)15-7-10-17(11-8-15)30-14-22(26)28-2/h4-5,7-13,18-19,23,25H,3,6,14H2,1-2H3/t18-,19+,23+/m1/s1. The number of methoxy groups -OCH3 is 1. The van der Waals surface area contributed by atoms with Gasteiger partial charge in [-0.1, -0.05) is 24.3 Å². The van der Waals surface area contributed by atoms with Crippen molar-refractivity contribution < 1.29 is 23.8 Å². The van der Waals surface area contributed by atoms with Gasteiger partial charge < -0.3 is 19.5 Å². The van der Waals surface area contributed by atoms with Crippen molar-refractivity contribution in [3.8, 4) is 5.75 Å². The van der Waals surface area contributed by atoms with Crippen LogP contribution in [0.3, 0.4) is 0 Å². The third-order valence-corrected chi connectivity index (χ3v) is 5.70. The van der Waals surface area contributed by atoms with Crippen molar-refractivity contribution in [3.63, 3.8) is 0 Å². The molecule has 156 valence electrons. The maximum Gasteiger partial charge on any atom is 0.343 e. The molecule has 1 aliphatic heterocycles. The van der Waals surface area contributed by atoms with Crippen molar-refractivity contribution in [1.82, 2.24) is 0 Å². The molecule has 4 rings (SSSR count). The Kier molecular flexibility index (Phi) is 5.74. The Morgan fingerprint density at radius 1 is 1.13 bits per heavy atom. The van der Waals surface area contributed by atoms with Gasteiger partial charge >= 0.3 is 11.9 Å². The number of esters is 2. The van der Waals surface area contributed by atoms with Crippen LogP contribution in [0.1, 0.15) is 46.8 Å². The summed E-state index contributed by atoms with van der Waals surface area (Å²) in [5.41, 5.74) is 3.90. The van der Waals surface area contributed by atoms with Crippen LogP contribution in [0.15, 0.2) is 54.6 Å². The number of allylic oxidation sites excluding steroid dienone is 2. The van der Waals surface area contributed by atoms with E-state index in [1.165, 1.54) is 7.11 Å². The van der Waals surface area contributed by atoms with Crippen molar-refractivity contribution in [2.75, 3.05) is 25.6 Å². The second-order valence-corrected chi connectivity index (χ2v) is 7.43. The van der Waals surface area contributed by atoms with Gasteiger partial charge in [0.15, 0.2) is 6.61 Å². The largest absolute Gasteiger partial charge is 0.482 e. The Hall–Kier alpha value is -3.28. The summed E-state index contributed by atoms with van der Waals surface area (Å²) in [7, 11) is 1.34. The smallest absolute Gasteiger partial charge is 0.343 e. The number of hydrogen-bond acceptors (Lipinski definition) is 6. The van der Waals surface area contributed by atoms with Gasteiger partial charge in [-0.25, -0.2) is 9.59 Å². The van der Waals surface area contributed by atoms with Crippen LogP contribution in [0.25, 0.3) is 0 Å². The van der Waals surface area contributed by atoms with E-state index in [1.54, 1.807) is 0 Å². The number of fused-ring (bicyclic) bond motifs is 3. The molecule has 30 heavy (non-hydrogen) atoms. The number of carbonyl (C=O) groups excluding carboxylic acids is 2. The van der Waals surface area contributed by atoms with Crippen LogP contribution < -0.4 is 10.1 Å². The SMILES string of the molecule is CCOC(=O)c1ccc2c(c1)[C@@H]1C=CC[C@@H]1[C@H](c1ccc(OCC(=O)OC)cc1)N2. The molecule has 3 atom stereocenters. The first kappa shape index (κ1) is 20.0. The van der Waals surface area contributed by atoms with Crippen molar-refractivity contribution in [1.29, 1.82) is 0 Å². The first-order valence-electron chi connectivity index (χ1n) is 10.1. The van der Waals surface area contributed by atoms with Gasteiger partial charge in [-0.3, -0.25) is 0 Å². The summed E-state index contributed by atoms with van der Waals surface area (Å²) in [5.74, 6) is 0.531. The maximum atomic E-state index is 12.2. The second-order valence-electron chi connectivity index (χ2n) is 7.43. The molecular weight excluding hydrogens is 382 g/mol. The zero-order valence-electron chi connectivity index (χ0n) is 17.1. The average Bonchev–Trinajstić information content (AvgIpc) is 3.27. The lowest BCUT2D eigenvalue weighted by Gasteiger charge is -2.37. The van der Waals surface area contributed by atoms with Crippen LogP contribution in [0.5, 0.6) is 5.75 Å². The lowest BCUT2D eigenvalue weighted by atomic mass is 9.76. The lowest BCUT2D eigenvalue weighted by Crippen LogP contribution is -2.29. The summed E-state index contributed by atoms with van der Waals surface area (Å²) in [6.07, 6.45) is 5.41. The minimum Gasteiger partial charge on any atom is -0.482 e. The molecule has 0 saturated heterocycles. The van der Waals surface area contributed by atoms with Crippen LogP contribution in [0, 0.1) is 5.92 Å². The predicted octanol–water partition coefficient (Wildman–Crippen LogP) is 4.24. The van der Waals surface area contributed by atoms with Crippen molar-refractivity contribution in [2.45, 2.75) is 25.3 Å². The molecule has 2 aromatic rings. The Morgan fingerprint density at radius 2 is 1.93 bits per heavy atom. The molecule has 0 fully saturated rings. The highest BCUT2D eigenvalue weighted by molar-refractivity contribution is 5.90. The number of ether oxygens (including phenoxy) is 3. The van der Waals surface area contributed by atoms with E-state index in [-0.39, 0.29) is 24.5 Å². The Morgan fingerprint density at radius 3 is 2.67 bits per heavy atom. The fraction of sp³-hybridized carbons (Fsp3) is 0.333. The molecule has 0 saturated carbocycles. The molecule has 1 aliphatic carbocycles. The van der Waals surface area contributed by atoms with Crippen LogP contribution in [-0.4, -0.2) is 32.3 Å². The minimum absolute atomic E-state index is 0.109. The summed E-state index contributed by atoms with van der Waals surface area (Å²) < 4.78 is 15.2. The van der Waals surface area contributed by atoms with Gasteiger partial charge in [0.2, 0.25) is 0 Å². The topological polar surface area (TPSA) is 73.9 Å². The normalized spacial score (nSPS) is 21.2. The summed E-state index contributed by atoms with van der Waals surface area (Å²) in [6.45, 7) is 2.06. The number of carbonyl (C=O) groups is 2. The number of anilines is 1. The molecule has 0 aromatic heterocycles. The second kappa shape index (κ2) is 8.61. The number of nitrogens with one attached hydrogen (secondary N) is 1. The van der Waals surface area contributed by atoms with Gasteiger partial charge in [-0.15, -0.1) is 0 Å². The third kappa shape index (κ3) is 3.90. The highest BCUT2D eigenvalue weighted by Gasteiger charge is 2.38. The number of rotatable bonds is 6. The van der Waals surface area contributed by atoms with E-state index < -0.39 is 5.97 Å². The Labute approximate surface area is 175 Å². The van der Waals surface area contributed by atoms with Gasteiger partial charge in [-0.2, -0.15) is 0 Å². The predicted molar refractivity (Wildman–Crippen MR) is 113 cm³/mol. The lowest BCUT2D eigenvalue weighted by molar-refractivity contribution is -0.142. The van der Waals surface area contributed by atoms with Gasteiger partial charge in [0.05, 0.1) is 25.3 Å². The van der Waals surface area contributed by atoms with E-state index in [1.807, 2.05) is 49.4 Å². The molecule has 0 bridgehead atoms. The Bertz CT molecular complexity index is 966. The number of benzene rings is 2. The van der Waals surface area contributed by atoms with E-state index in [2.05, 4.69) is 22.2 Å². The van der Waals surface area contributed by atoms with E-state index in [4.69, 9.17) is 9.47 Å². The highest BCUT2D eigenvalue weighted by atomic mass is 16.6. The van der Waals surface area contributed by atoms with E-state index in [9.17, 15) is 9.59 Å². The molecule has 0 radical (unpaired) electrons. The molecule has 0 spiro atoms. The van der Waals surface area contributed by atoms with E-state index in [0.717, 1.165) is 23.2 Å². The quantitative estimate of drug-likeness (QED) is 0.570. The molecule has 6 heteroatoms. The third-order valence-electron chi connectivity index (χ3n) is 5.70. The molecular formula is C24H25NO5. The molecule has 1 heterocycles.